The molecule has 38 heavy (non-hydrogen) atoms. The zero-order valence-electron chi connectivity index (χ0n) is 22.6. The first-order valence-corrected chi connectivity index (χ1v) is 16.6. The average molecular weight is 540 g/mol. The van der Waals surface area contributed by atoms with Crippen molar-refractivity contribution in [2.45, 2.75) is 75.9 Å². The smallest absolute Gasteiger partial charge is 0.255 e. The lowest BCUT2D eigenvalue weighted by molar-refractivity contribution is -0.135. The Morgan fingerprint density at radius 2 is 1.89 bits per heavy atom. The highest BCUT2D eigenvalue weighted by Gasteiger charge is 2.50. The van der Waals surface area contributed by atoms with Crippen LogP contribution in [0.2, 0.25) is 18.6 Å². The Balaban J connectivity index is 1.39. The predicted octanol–water partition coefficient (Wildman–Crippen LogP) is 3.80. The van der Waals surface area contributed by atoms with Crippen molar-refractivity contribution in [2.75, 3.05) is 24.2 Å². The van der Waals surface area contributed by atoms with E-state index in [1.54, 1.807) is 29.2 Å². The van der Waals surface area contributed by atoms with Gasteiger partial charge in [0.05, 0.1) is 31.3 Å². The van der Waals surface area contributed by atoms with Crippen LogP contribution in [0.15, 0.2) is 48.5 Å². The number of nitrogens with two attached hydrogens (primary N) is 1. The van der Waals surface area contributed by atoms with Crippen molar-refractivity contribution >= 4 is 31.5 Å². The fourth-order valence-corrected chi connectivity index (χ4v) is 8.81. The van der Waals surface area contributed by atoms with Gasteiger partial charge in [-0.15, -0.1) is 0 Å². The molecular formula is C29H41N3O5Si. The number of hydrogen-bond acceptors (Lipinski definition) is 6. The number of nitrogens with zero attached hydrogens (tertiary/aromatic N) is 1. The maximum atomic E-state index is 13.1. The standard InChI is InChI=1S/C29H41N3O5Si/c1-19-25(37-26(28(19)38(2,3)36)17-27(34)32-15-5-8-24(32)18-33)14-9-20-6-4-7-23(16-20)31-29(35)21-10-12-22(30)13-11-21/h4,6-7,10-13,16,19,24-26,28,33,36H,5,8-9,14-15,17-18,30H2,1-3H3,(H,31,35)/t19-,24+,25+,26-,28+/m1/s1. The number of rotatable bonds is 9. The molecule has 4 rings (SSSR count). The van der Waals surface area contributed by atoms with Gasteiger partial charge in [-0.3, -0.25) is 9.59 Å². The first-order chi connectivity index (χ1) is 18.1. The third kappa shape index (κ3) is 6.64. The van der Waals surface area contributed by atoms with Gasteiger partial charge in [-0.1, -0.05) is 19.1 Å². The molecular weight excluding hydrogens is 498 g/mol. The van der Waals surface area contributed by atoms with Crippen LogP contribution in [0.3, 0.4) is 0 Å². The van der Waals surface area contributed by atoms with Gasteiger partial charge in [0.15, 0.2) is 8.32 Å². The molecule has 0 aliphatic carbocycles. The summed E-state index contributed by atoms with van der Waals surface area (Å²) in [4.78, 5) is 38.6. The van der Waals surface area contributed by atoms with Crippen LogP contribution in [0, 0.1) is 5.92 Å². The van der Waals surface area contributed by atoms with E-state index in [1.807, 2.05) is 37.4 Å². The molecule has 206 valence electrons. The molecule has 0 unspecified atom stereocenters. The van der Waals surface area contributed by atoms with E-state index < -0.39 is 8.32 Å². The summed E-state index contributed by atoms with van der Waals surface area (Å²) in [6.45, 7) is 6.64. The molecule has 2 aromatic carbocycles. The fraction of sp³-hybridized carbons (Fsp3) is 0.517. The van der Waals surface area contributed by atoms with Crippen LogP contribution in [0.4, 0.5) is 11.4 Å². The summed E-state index contributed by atoms with van der Waals surface area (Å²) in [5.41, 5.74) is 8.62. The van der Waals surface area contributed by atoms with Gasteiger partial charge in [0.25, 0.3) is 5.91 Å². The van der Waals surface area contributed by atoms with Crippen LogP contribution in [0.5, 0.6) is 0 Å². The van der Waals surface area contributed by atoms with Crippen molar-refractivity contribution in [1.29, 1.82) is 0 Å². The topological polar surface area (TPSA) is 125 Å². The Hall–Kier alpha value is -2.72. The monoisotopic (exact) mass is 539 g/mol. The Bertz CT molecular complexity index is 1120. The van der Waals surface area contributed by atoms with Crippen LogP contribution in [0.1, 0.15) is 48.5 Å². The number of hydrogen-bond donors (Lipinski definition) is 4. The molecule has 0 spiro atoms. The summed E-state index contributed by atoms with van der Waals surface area (Å²) in [7, 11) is -2.60. The Morgan fingerprint density at radius 3 is 2.58 bits per heavy atom. The maximum Gasteiger partial charge on any atom is 0.255 e. The number of carbonyl (C=O) groups excluding carboxylic acids is 2. The van der Waals surface area contributed by atoms with Crippen LogP contribution < -0.4 is 11.1 Å². The summed E-state index contributed by atoms with van der Waals surface area (Å²) in [5.74, 6) is -0.0610. The molecule has 5 N–H and O–H groups in total. The molecule has 0 saturated carbocycles. The zero-order chi connectivity index (χ0) is 27.4. The molecule has 2 fully saturated rings. The molecule has 0 bridgehead atoms. The second-order valence-corrected chi connectivity index (χ2v) is 15.3. The van der Waals surface area contributed by atoms with E-state index in [4.69, 9.17) is 10.5 Å². The number of aliphatic hydroxyl groups excluding tert-OH is 1. The summed E-state index contributed by atoms with van der Waals surface area (Å²) in [5, 5.41) is 12.6. The predicted molar refractivity (Wildman–Crippen MR) is 151 cm³/mol. The number of carbonyl (C=O) groups is 2. The number of nitrogen functional groups attached to an aromatic ring is 1. The third-order valence-electron chi connectivity index (χ3n) is 8.08. The van der Waals surface area contributed by atoms with Crippen molar-refractivity contribution in [3.8, 4) is 0 Å². The van der Waals surface area contributed by atoms with Gasteiger partial charge in [-0.25, -0.2) is 0 Å². The van der Waals surface area contributed by atoms with Gasteiger partial charge in [0.1, 0.15) is 0 Å². The number of amides is 2. The molecule has 2 aliphatic heterocycles. The van der Waals surface area contributed by atoms with E-state index in [2.05, 4.69) is 12.2 Å². The van der Waals surface area contributed by atoms with Crippen molar-refractivity contribution in [2.24, 2.45) is 5.92 Å². The normalized spacial score (nSPS) is 25.5. The fourth-order valence-electron chi connectivity index (χ4n) is 6.20. The summed E-state index contributed by atoms with van der Waals surface area (Å²) in [6.07, 6.45) is 3.09. The molecule has 2 aromatic rings. The highest BCUT2D eigenvalue weighted by molar-refractivity contribution is 6.71. The largest absolute Gasteiger partial charge is 0.432 e. The van der Waals surface area contributed by atoms with E-state index in [9.17, 15) is 19.5 Å². The number of nitrogens with one attached hydrogen (secondary N) is 1. The van der Waals surface area contributed by atoms with E-state index in [1.165, 1.54) is 0 Å². The Kier molecular flexibility index (Phi) is 8.92. The molecule has 8 nitrogen and oxygen atoms in total. The SMILES string of the molecule is C[C@H]1[C@H]([Si](C)(C)O)[C@@H](CC(=O)N2CCC[C@H]2CO)O[C@H]1CCc1cccc(NC(=O)c2ccc(N)cc2)c1. The molecule has 2 heterocycles. The molecule has 2 saturated heterocycles. The van der Waals surface area contributed by atoms with Gasteiger partial charge in [-0.2, -0.15) is 0 Å². The highest BCUT2D eigenvalue weighted by Crippen LogP contribution is 2.45. The number of ether oxygens (including phenoxy) is 1. The van der Waals surface area contributed by atoms with Crippen LogP contribution in [0.25, 0.3) is 0 Å². The van der Waals surface area contributed by atoms with Gasteiger partial charge >= 0.3 is 0 Å². The number of aryl methyl sites for hydroxylation is 1. The quantitative estimate of drug-likeness (QED) is 0.284. The van der Waals surface area contributed by atoms with Crippen LogP contribution >= 0.6 is 0 Å². The number of aliphatic hydroxyl groups is 1. The van der Waals surface area contributed by atoms with E-state index in [0.717, 1.165) is 36.9 Å². The van der Waals surface area contributed by atoms with Crippen LogP contribution in [-0.4, -0.2) is 66.3 Å². The van der Waals surface area contributed by atoms with Crippen molar-refractivity contribution in [3.63, 3.8) is 0 Å². The minimum atomic E-state index is -2.60. The first kappa shape index (κ1) is 28.3. The number of anilines is 2. The van der Waals surface area contributed by atoms with Crippen LogP contribution in [-0.2, 0) is 16.0 Å². The molecule has 2 aliphatic rings. The van der Waals surface area contributed by atoms with E-state index in [0.29, 0.717) is 17.8 Å². The van der Waals surface area contributed by atoms with Gasteiger partial charge < -0.3 is 30.6 Å². The Morgan fingerprint density at radius 1 is 1.16 bits per heavy atom. The van der Waals surface area contributed by atoms with Crippen molar-refractivity contribution in [1.82, 2.24) is 4.90 Å². The highest BCUT2D eigenvalue weighted by atomic mass is 28.4. The molecule has 2 amide bonds. The molecule has 5 atom stereocenters. The average Bonchev–Trinajstić information content (AvgIpc) is 3.47. The molecule has 0 aromatic heterocycles. The molecule has 0 radical (unpaired) electrons. The van der Waals surface area contributed by atoms with Gasteiger partial charge in [0.2, 0.25) is 5.91 Å². The van der Waals surface area contributed by atoms with Crippen molar-refractivity contribution < 1.29 is 24.2 Å². The van der Waals surface area contributed by atoms with Gasteiger partial charge in [0, 0.05) is 29.0 Å². The molecule has 9 heteroatoms. The minimum Gasteiger partial charge on any atom is -0.432 e. The van der Waals surface area contributed by atoms with E-state index >= 15 is 0 Å². The second-order valence-electron chi connectivity index (χ2n) is 11.3. The third-order valence-corrected chi connectivity index (χ3v) is 10.6. The zero-order valence-corrected chi connectivity index (χ0v) is 23.6. The van der Waals surface area contributed by atoms with Gasteiger partial charge in [-0.05, 0) is 86.7 Å². The summed E-state index contributed by atoms with van der Waals surface area (Å²) in [6, 6.07) is 14.5. The van der Waals surface area contributed by atoms with E-state index in [-0.39, 0.29) is 54.6 Å². The lowest BCUT2D eigenvalue weighted by Gasteiger charge is -2.31. The second kappa shape index (κ2) is 12.0. The Labute approximate surface area is 226 Å². The maximum absolute atomic E-state index is 13.1. The van der Waals surface area contributed by atoms with Crippen molar-refractivity contribution in [3.05, 3.63) is 59.7 Å². The summed E-state index contributed by atoms with van der Waals surface area (Å²) >= 11 is 0. The lowest BCUT2D eigenvalue weighted by Crippen LogP contribution is -2.43. The minimum absolute atomic E-state index is 0.00666. The number of likely N-dealkylation sites (tertiary alicyclic amines) is 1. The summed E-state index contributed by atoms with van der Waals surface area (Å²) < 4.78 is 6.48. The number of benzene rings is 2. The lowest BCUT2D eigenvalue weighted by atomic mass is 9.95. The first-order valence-electron chi connectivity index (χ1n) is 13.6.